The average molecular weight is 490 g/mol. The van der Waals surface area contributed by atoms with Crippen LogP contribution in [0.1, 0.15) is 27.6 Å². The number of aryl methyl sites for hydroxylation is 1. The smallest absolute Gasteiger partial charge is 0.294 e. The number of carbonyl (C=O) groups excluding carboxylic acids is 1. The highest BCUT2D eigenvalue weighted by atomic mass is 35.5. The van der Waals surface area contributed by atoms with Gasteiger partial charge in [0.1, 0.15) is 11.9 Å². The number of hydrogen-bond acceptors (Lipinski definition) is 5. The molecule has 0 aliphatic rings. The Hall–Kier alpha value is -3.63. The summed E-state index contributed by atoms with van der Waals surface area (Å²) in [6.45, 7) is 0.468. The van der Waals surface area contributed by atoms with Gasteiger partial charge in [-0.05, 0) is 42.3 Å². The van der Waals surface area contributed by atoms with E-state index in [-0.39, 0.29) is 22.1 Å². The van der Waals surface area contributed by atoms with Crippen molar-refractivity contribution < 1.29 is 23.1 Å². The molecule has 0 bridgehead atoms. The number of aliphatic hydroxyl groups excluding tert-OH is 1. The zero-order chi connectivity index (χ0) is 24.6. The average Bonchev–Trinajstić information content (AvgIpc) is 3.16. The molecule has 1 amide bonds. The number of aliphatic hydroxyl groups is 1. The molecule has 0 radical (unpaired) electrons. The number of carbonyl (C=O) groups is 1. The minimum atomic E-state index is -3.72. The van der Waals surface area contributed by atoms with Crippen molar-refractivity contribution in [2.75, 3.05) is 12.3 Å². The first-order valence-electron chi connectivity index (χ1n) is 10.1. The van der Waals surface area contributed by atoms with Crippen LogP contribution in [0.5, 0.6) is 0 Å². The lowest BCUT2D eigenvalue weighted by Gasteiger charge is -2.23. The number of amides is 1. The van der Waals surface area contributed by atoms with Gasteiger partial charge in [0.05, 0.1) is 17.1 Å². The van der Waals surface area contributed by atoms with E-state index in [1.807, 2.05) is 5.32 Å². The summed E-state index contributed by atoms with van der Waals surface area (Å²) in [5.41, 5.74) is 6.35. The van der Waals surface area contributed by atoms with E-state index in [1.54, 1.807) is 13.0 Å². The van der Waals surface area contributed by atoms with Crippen LogP contribution in [0.2, 0.25) is 5.02 Å². The SMILES string of the molecule is Cc1cccc([C@H](O)C(F)(F)CNC(=O)c2c(Cl)ccc(-c3ccn4nc(N)nc4c3)c2F)c1. The monoisotopic (exact) mass is 489 g/mol. The van der Waals surface area contributed by atoms with Gasteiger partial charge in [0.2, 0.25) is 5.95 Å². The molecule has 2 heterocycles. The third-order valence-electron chi connectivity index (χ3n) is 5.23. The van der Waals surface area contributed by atoms with E-state index < -0.39 is 35.9 Å². The fourth-order valence-corrected chi connectivity index (χ4v) is 3.75. The minimum Gasteiger partial charge on any atom is -0.382 e. The molecule has 0 spiro atoms. The summed E-state index contributed by atoms with van der Waals surface area (Å²) in [4.78, 5) is 16.7. The number of aromatic nitrogens is 3. The van der Waals surface area contributed by atoms with Crippen LogP contribution in [0.15, 0.2) is 54.7 Å². The Kier molecular flexibility index (Phi) is 6.20. The van der Waals surface area contributed by atoms with E-state index in [0.29, 0.717) is 16.8 Å². The second kappa shape index (κ2) is 8.96. The lowest BCUT2D eigenvalue weighted by molar-refractivity contribution is -0.106. The fourth-order valence-electron chi connectivity index (χ4n) is 3.52. The van der Waals surface area contributed by atoms with E-state index in [2.05, 4.69) is 10.1 Å². The molecule has 176 valence electrons. The van der Waals surface area contributed by atoms with Crippen LogP contribution in [-0.4, -0.2) is 38.1 Å². The van der Waals surface area contributed by atoms with E-state index in [9.17, 15) is 18.7 Å². The molecule has 11 heteroatoms. The summed E-state index contributed by atoms with van der Waals surface area (Å²) >= 11 is 6.03. The molecule has 1 atom stereocenters. The Morgan fingerprint density at radius 2 is 2.03 bits per heavy atom. The molecular weight excluding hydrogens is 471 g/mol. The molecule has 4 rings (SSSR count). The molecule has 7 nitrogen and oxygen atoms in total. The number of alkyl halides is 2. The highest BCUT2D eigenvalue weighted by Gasteiger charge is 2.40. The number of nitrogens with zero attached hydrogens (tertiary/aromatic N) is 3. The van der Waals surface area contributed by atoms with E-state index in [0.717, 1.165) is 0 Å². The summed E-state index contributed by atoms with van der Waals surface area (Å²) in [5, 5.41) is 15.8. The number of fused-ring (bicyclic) bond motifs is 1. The van der Waals surface area contributed by atoms with Gasteiger partial charge in [-0.3, -0.25) is 4.79 Å². The van der Waals surface area contributed by atoms with Gasteiger partial charge < -0.3 is 16.2 Å². The summed E-state index contributed by atoms with van der Waals surface area (Å²) in [7, 11) is 0. The number of nitrogens with one attached hydrogen (secondary N) is 1. The van der Waals surface area contributed by atoms with Crippen LogP contribution >= 0.6 is 11.6 Å². The molecule has 0 aliphatic carbocycles. The van der Waals surface area contributed by atoms with E-state index in [1.165, 1.54) is 53.2 Å². The first-order valence-corrected chi connectivity index (χ1v) is 10.5. The van der Waals surface area contributed by atoms with Crippen molar-refractivity contribution in [3.05, 3.63) is 82.3 Å². The first kappa shape index (κ1) is 23.5. The van der Waals surface area contributed by atoms with Crippen LogP contribution < -0.4 is 11.1 Å². The van der Waals surface area contributed by atoms with Crippen molar-refractivity contribution in [2.24, 2.45) is 0 Å². The number of hydrogen-bond donors (Lipinski definition) is 3. The van der Waals surface area contributed by atoms with Crippen LogP contribution in [-0.2, 0) is 0 Å². The highest BCUT2D eigenvalue weighted by Crippen LogP contribution is 2.33. The number of rotatable bonds is 6. The summed E-state index contributed by atoms with van der Waals surface area (Å²) in [6.07, 6.45) is -0.656. The van der Waals surface area contributed by atoms with Crippen molar-refractivity contribution in [1.82, 2.24) is 19.9 Å². The van der Waals surface area contributed by atoms with Crippen molar-refractivity contribution in [1.29, 1.82) is 0 Å². The van der Waals surface area contributed by atoms with Crippen LogP contribution in [0.3, 0.4) is 0 Å². The van der Waals surface area contributed by atoms with Gasteiger partial charge in [-0.15, -0.1) is 5.10 Å². The second-order valence-corrected chi connectivity index (χ2v) is 8.14. The molecule has 0 fully saturated rings. The van der Waals surface area contributed by atoms with Crippen LogP contribution in [0.25, 0.3) is 16.8 Å². The lowest BCUT2D eigenvalue weighted by atomic mass is 10.0. The first-order chi connectivity index (χ1) is 16.1. The van der Waals surface area contributed by atoms with Gasteiger partial charge in [-0.25, -0.2) is 17.7 Å². The van der Waals surface area contributed by atoms with Gasteiger partial charge in [-0.2, -0.15) is 4.98 Å². The summed E-state index contributed by atoms with van der Waals surface area (Å²) in [5.74, 6) is -5.83. The maximum absolute atomic E-state index is 15.3. The van der Waals surface area contributed by atoms with Crippen LogP contribution in [0, 0.1) is 12.7 Å². The molecule has 4 N–H and O–H groups in total. The molecule has 34 heavy (non-hydrogen) atoms. The molecule has 0 unspecified atom stereocenters. The molecule has 4 aromatic rings. The normalized spacial score (nSPS) is 12.6. The number of anilines is 1. The number of pyridine rings is 1. The minimum absolute atomic E-state index is 0.00466. The second-order valence-electron chi connectivity index (χ2n) is 7.73. The quantitative estimate of drug-likeness (QED) is 0.377. The number of halogens is 4. The zero-order valence-electron chi connectivity index (χ0n) is 17.8. The fraction of sp³-hybridized carbons (Fsp3) is 0.174. The van der Waals surface area contributed by atoms with E-state index >= 15 is 4.39 Å². The van der Waals surface area contributed by atoms with Gasteiger partial charge in [0.15, 0.2) is 5.65 Å². The summed E-state index contributed by atoms with van der Waals surface area (Å²) in [6, 6.07) is 11.7. The zero-order valence-corrected chi connectivity index (χ0v) is 18.5. The van der Waals surface area contributed by atoms with Gasteiger partial charge in [-0.1, -0.05) is 41.4 Å². The van der Waals surface area contributed by atoms with E-state index in [4.69, 9.17) is 17.3 Å². The Morgan fingerprint density at radius 1 is 1.26 bits per heavy atom. The lowest BCUT2D eigenvalue weighted by Crippen LogP contribution is -2.41. The molecule has 0 saturated heterocycles. The predicted molar refractivity (Wildman–Crippen MR) is 121 cm³/mol. The van der Waals surface area contributed by atoms with Crippen molar-refractivity contribution in [3.63, 3.8) is 0 Å². The third kappa shape index (κ3) is 4.55. The Morgan fingerprint density at radius 3 is 2.76 bits per heavy atom. The largest absolute Gasteiger partial charge is 0.382 e. The Labute approximate surface area is 197 Å². The van der Waals surface area contributed by atoms with Gasteiger partial charge in [0, 0.05) is 11.8 Å². The molecule has 2 aromatic heterocycles. The van der Waals surface area contributed by atoms with Crippen LogP contribution in [0.4, 0.5) is 19.1 Å². The number of nitrogen functional groups attached to an aromatic ring is 1. The molecule has 0 saturated carbocycles. The maximum Gasteiger partial charge on any atom is 0.294 e. The number of benzene rings is 2. The molecule has 2 aromatic carbocycles. The topological polar surface area (TPSA) is 106 Å². The number of nitrogens with two attached hydrogens (primary N) is 1. The Bertz CT molecular complexity index is 1390. The molecular formula is C23H19ClF3N5O2. The predicted octanol–water partition coefficient (Wildman–Crippen LogP) is 4.18. The highest BCUT2D eigenvalue weighted by molar-refractivity contribution is 6.34. The van der Waals surface area contributed by atoms with Gasteiger partial charge >= 0.3 is 0 Å². The summed E-state index contributed by atoms with van der Waals surface area (Å²) < 4.78 is 45.9. The van der Waals surface area contributed by atoms with Crippen molar-refractivity contribution in [3.8, 4) is 11.1 Å². The standard InChI is InChI=1S/C23H19ClF3N5O2/c1-12-3-2-4-14(9-12)20(33)23(26,27)11-29-21(34)18-16(24)6-5-15(19(18)25)13-7-8-32-17(10-13)30-22(28)31-32/h2-10,20,33H,11H2,1H3,(H2,28,31)(H,29,34)/t20-/m0/s1. The maximum atomic E-state index is 15.3. The van der Waals surface area contributed by atoms with Crippen molar-refractivity contribution in [2.45, 2.75) is 19.0 Å². The van der Waals surface area contributed by atoms with Crippen molar-refractivity contribution >= 4 is 29.1 Å². The third-order valence-corrected chi connectivity index (χ3v) is 5.54. The Balaban J connectivity index is 1.58. The van der Waals surface area contributed by atoms with Gasteiger partial charge in [0.25, 0.3) is 11.8 Å². The molecule has 0 aliphatic heterocycles.